The molecular formula is C10H14ClN3O. The second-order valence-corrected chi connectivity index (χ2v) is 4.14. The van der Waals surface area contributed by atoms with Gasteiger partial charge in [-0.3, -0.25) is 4.79 Å². The van der Waals surface area contributed by atoms with Gasteiger partial charge in [0.15, 0.2) is 5.82 Å². The van der Waals surface area contributed by atoms with Crippen LogP contribution in [0.15, 0.2) is 11.1 Å². The molecule has 1 fully saturated rings. The molecule has 1 saturated heterocycles. The van der Waals surface area contributed by atoms with E-state index in [1.54, 1.807) is 0 Å². The lowest BCUT2D eigenvalue weighted by atomic mass is 10.2. The average Bonchev–Trinajstić information content (AvgIpc) is 2.70. The molecule has 0 aliphatic carbocycles. The molecule has 0 aromatic carbocycles. The first-order valence-electron chi connectivity index (χ1n) is 5.24. The lowest BCUT2D eigenvalue weighted by Gasteiger charge is -2.24. The van der Waals surface area contributed by atoms with Gasteiger partial charge in [-0.05, 0) is 19.3 Å². The maximum Gasteiger partial charge on any atom is 0.271 e. The van der Waals surface area contributed by atoms with E-state index in [9.17, 15) is 4.79 Å². The van der Waals surface area contributed by atoms with E-state index in [4.69, 9.17) is 11.6 Å². The first-order valence-corrected chi connectivity index (χ1v) is 5.61. The van der Waals surface area contributed by atoms with E-state index in [1.807, 2.05) is 0 Å². The van der Waals surface area contributed by atoms with Crippen LogP contribution in [0.1, 0.15) is 26.2 Å². The highest BCUT2D eigenvalue weighted by atomic mass is 35.5. The molecule has 2 rings (SSSR count). The van der Waals surface area contributed by atoms with Gasteiger partial charge in [-0.15, -0.1) is 0 Å². The molecule has 1 aliphatic rings. The fraction of sp³-hybridized carbons (Fsp3) is 0.600. The lowest BCUT2D eigenvalue weighted by molar-refractivity contribution is 0.639. The zero-order valence-corrected chi connectivity index (χ0v) is 9.42. The van der Waals surface area contributed by atoms with Crippen molar-refractivity contribution in [3.05, 3.63) is 21.7 Å². The van der Waals surface area contributed by atoms with Crippen molar-refractivity contribution in [1.29, 1.82) is 0 Å². The molecule has 0 saturated carbocycles. The Bertz CT molecular complexity index is 404. The van der Waals surface area contributed by atoms with Crippen LogP contribution in [-0.4, -0.2) is 22.6 Å². The standard InChI is InChI=1S/C10H14ClN3O/c1-2-7-4-3-5-14(7)9-8(11)10(15)13-6-12-9/h6-7H,2-5H2,1H3,(H,12,13,15). The number of H-pyrrole nitrogens is 1. The molecule has 1 atom stereocenters. The number of hydrogen-bond acceptors (Lipinski definition) is 3. The summed E-state index contributed by atoms with van der Waals surface area (Å²) >= 11 is 5.95. The van der Waals surface area contributed by atoms with Crippen LogP contribution in [0.4, 0.5) is 5.82 Å². The van der Waals surface area contributed by atoms with Crippen molar-refractivity contribution in [2.75, 3.05) is 11.4 Å². The Kier molecular flexibility index (Phi) is 2.95. The lowest BCUT2D eigenvalue weighted by Crippen LogP contribution is -2.31. The Morgan fingerprint density at radius 2 is 2.53 bits per heavy atom. The van der Waals surface area contributed by atoms with E-state index >= 15 is 0 Å². The molecule has 1 aromatic heterocycles. The number of nitrogens with one attached hydrogen (secondary N) is 1. The highest BCUT2D eigenvalue weighted by molar-refractivity contribution is 6.32. The molecule has 82 valence electrons. The van der Waals surface area contributed by atoms with E-state index in [0.29, 0.717) is 11.9 Å². The zero-order valence-electron chi connectivity index (χ0n) is 8.66. The van der Waals surface area contributed by atoms with Crippen molar-refractivity contribution in [3.63, 3.8) is 0 Å². The predicted molar refractivity (Wildman–Crippen MR) is 60.5 cm³/mol. The first-order chi connectivity index (χ1) is 7.24. The zero-order chi connectivity index (χ0) is 10.8. The van der Waals surface area contributed by atoms with Crippen molar-refractivity contribution in [2.24, 2.45) is 0 Å². The molecule has 0 radical (unpaired) electrons. The van der Waals surface area contributed by atoms with Crippen LogP contribution in [-0.2, 0) is 0 Å². The molecule has 0 spiro atoms. The second-order valence-electron chi connectivity index (χ2n) is 3.77. The topological polar surface area (TPSA) is 49.0 Å². The van der Waals surface area contributed by atoms with Crippen molar-refractivity contribution in [3.8, 4) is 0 Å². The SMILES string of the molecule is CCC1CCCN1c1nc[nH]c(=O)c1Cl. The Balaban J connectivity index is 2.36. The van der Waals surface area contributed by atoms with E-state index < -0.39 is 0 Å². The van der Waals surface area contributed by atoms with Crippen LogP contribution in [0, 0.1) is 0 Å². The highest BCUT2D eigenvalue weighted by Gasteiger charge is 2.26. The number of halogens is 1. The van der Waals surface area contributed by atoms with E-state index in [-0.39, 0.29) is 10.6 Å². The number of anilines is 1. The third-order valence-electron chi connectivity index (χ3n) is 2.90. The summed E-state index contributed by atoms with van der Waals surface area (Å²) in [5, 5.41) is 0.206. The maximum absolute atomic E-state index is 11.3. The van der Waals surface area contributed by atoms with Gasteiger partial charge in [-0.2, -0.15) is 0 Å². The largest absolute Gasteiger partial charge is 0.352 e. The Morgan fingerprint density at radius 3 is 3.27 bits per heavy atom. The predicted octanol–water partition coefficient (Wildman–Crippen LogP) is 1.80. The molecular weight excluding hydrogens is 214 g/mol. The third-order valence-corrected chi connectivity index (χ3v) is 3.24. The van der Waals surface area contributed by atoms with Crippen LogP contribution in [0.2, 0.25) is 5.02 Å². The maximum atomic E-state index is 11.3. The van der Waals surface area contributed by atoms with Gasteiger partial charge in [0.05, 0.1) is 6.33 Å². The average molecular weight is 228 g/mol. The Morgan fingerprint density at radius 1 is 1.73 bits per heavy atom. The number of hydrogen-bond donors (Lipinski definition) is 1. The monoisotopic (exact) mass is 227 g/mol. The first kappa shape index (κ1) is 10.5. The van der Waals surface area contributed by atoms with Crippen LogP contribution >= 0.6 is 11.6 Å². The van der Waals surface area contributed by atoms with Gasteiger partial charge in [-0.25, -0.2) is 4.98 Å². The normalized spacial score (nSPS) is 20.9. The fourth-order valence-corrected chi connectivity index (χ4v) is 2.32. The summed E-state index contributed by atoms with van der Waals surface area (Å²) < 4.78 is 0. The second kappa shape index (κ2) is 4.23. The molecule has 1 aromatic rings. The fourth-order valence-electron chi connectivity index (χ4n) is 2.11. The van der Waals surface area contributed by atoms with Gasteiger partial charge < -0.3 is 9.88 Å². The molecule has 0 amide bonds. The molecule has 0 bridgehead atoms. The van der Waals surface area contributed by atoms with Crippen molar-refractivity contribution >= 4 is 17.4 Å². The van der Waals surface area contributed by atoms with Gasteiger partial charge in [0.2, 0.25) is 0 Å². The minimum Gasteiger partial charge on any atom is -0.352 e. The van der Waals surface area contributed by atoms with Crippen LogP contribution in [0.3, 0.4) is 0 Å². The molecule has 1 aliphatic heterocycles. The summed E-state index contributed by atoms with van der Waals surface area (Å²) in [5.74, 6) is 0.629. The van der Waals surface area contributed by atoms with Crippen LogP contribution in [0.25, 0.3) is 0 Å². The molecule has 15 heavy (non-hydrogen) atoms. The summed E-state index contributed by atoms with van der Waals surface area (Å²) in [6.07, 6.45) is 4.77. The molecule has 1 N–H and O–H groups in total. The van der Waals surface area contributed by atoms with Crippen LogP contribution in [0.5, 0.6) is 0 Å². The van der Waals surface area contributed by atoms with E-state index in [0.717, 1.165) is 25.8 Å². The summed E-state index contributed by atoms with van der Waals surface area (Å²) in [5.41, 5.74) is -0.261. The summed E-state index contributed by atoms with van der Waals surface area (Å²) in [7, 11) is 0. The summed E-state index contributed by atoms with van der Waals surface area (Å²) in [6, 6.07) is 0.469. The van der Waals surface area contributed by atoms with Crippen molar-refractivity contribution in [1.82, 2.24) is 9.97 Å². The van der Waals surface area contributed by atoms with Crippen molar-refractivity contribution in [2.45, 2.75) is 32.2 Å². The van der Waals surface area contributed by atoms with Gasteiger partial charge >= 0.3 is 0 Å². The number of aromatic nitrogens is 2. The van der Waals surface area contributed by atoms with E-state index in [2.05, 4.69) is 21.8 Å². The number of nitrogens with zero attached hydrogens (tertiary/aromatic N) is 2. The quantitative estimate of drug-likeness (QED) is 0.838. The van der Waals surface area contributed by atoms with Crippen molar-refractivity contribution < 1.29 is 0 Å². The highest BCUT2D eigenvalue weighted by Crippen LogP contribution is 2.28. The van der Waals surface area contributed by atoms with Crippen LogP contribution < -0.4 is 10.5 Å². The molecule has 2 heterocycles. The molecule has 1 unspecified atom stereocenters. The summed E-state index contributed by atoms with van der Waals surface area (Å²) in [6.45, 7) is 3.08. The van der Waals surface area contributed by atoms with Gasteiger partial charge in [-0.1, -0.05) is 18.5 Å². The summed E-state index contributed by atoms with van der Waals surface area (Å²) in [4.78, 5) is 20.1. The van der Waals surface area contributed by atoms with E-state index in [1.165, 1.54) is 6.33 Å². The third kappa shape index (κ3) is 1.86. The Hall–Kier alpha value is -1.03. The molecule has 5 heteroatoms. The number of aromatic amines is 1. The minimum atomic E-state index is -0.261. The minimum absolute atomic E-state index is 0.206. The molecule has 4 nitrogen and oxygen atoms in total. The van der Waals surface area contributed by atoms with Gasteiger partial charge in [0, 0.05) is 12.6 Å². The smallest absolute Gasteiger partial charge is 0.271 e. The van der Waals surface area contributed by atoms with Gasteiger partial charge in [0.25, 0.3) is 5.56 Å². The van der Waals surface area contributed by atoms with Gasteiger partial charge in [0.1, 0.15) is 5.02 Å². The Labute approximate surface area is 93.3 Å². The number of rotatable bonds is 2.